The van der Waals surface area contributed by atoms with E-state index in [-0.39, 0.29) is 17.4 Å². The molecule has 0 fully saturated rings. The molecule has 2 aromatic carbocycles. The van der Waals surface area contributed by atoms with Gasteiger partial charge in [-0.05, 0) is 61.7 Å². The van der Waals surface area contributed by atoms with Crippen molar-refractivity contribution >= 4 is 11.6 Å². The van der Waals surface area contributed by atoms with Crippen molar-refractivity contribution in [2.24, 2.45) is 0 Å². The molecule has 5 nitrogen and oxygen atoms in total. The van der Waals surface area contributed by atoms with E-state index in [1.165, 1.54) is 0 Å². The number of halogens is 1. The Kier molecular flexibility index (Phi) is 5.37. The predicted octanol–water partition coefficient (Wildman–Crippen LogP) is 3.40. The zero-order valence-electron chi connectivity index (χ0n) is 16.1. The number of methoxy groups -OCH3 is 2. The lowest BCUT2D eigenvalue weighted by Gasteiger charge is -2.26. The standard InChI is InChI=1S/C21H25FN2O3/c1-21(2,14-6-8-17(26-3)18(11-14)27-4)20(25)24-16-7-5-13-12-23-10-9-15(13)19(16)22/h5-8,11,23H,9-10,12H2,1-4H3,(H,24,25). The van der Waals surface area contributed by atoms with E-state index in [2.05, 4.69) is 10.6 Å². The Morgan fingerprint density at radius 2 is 1.89 bits per heavy atom. The fourth-order valence-electron chi connectivity index (χ4n) is 3.26. The molecule has 27 heavy (non-hydrogen) atoms. The van der Waals surface area contributed by atoms with E-state index < -0.39 is 5.41 Å². The Bertz CT molecular complexity index is 865. The summed E-state index contributed by atoms with van der Waals surface area (Å²) < 4.78 is 25.4. The lowest BCUT2D eigenvalue weighted by Crippen LogP contribution is -2.35. The molecule has 1 heterocycles. The molecule has 0 atom stereocenters. The Labute approximate surface area is 158 Å². The smallest absolute Gasteiger partial charge is 0.234 e. The predicted molar refractivity (Wildman–Crippen MR) is 103 cm³/mol. The average Bonchev–Trinajstić information content (AvgIpc) is 2.69. The number of hydrogen-bond acceptors (Lipinski definition) is 4. The van der Waals surface area contributed by atoms with Gasteiger partial charge in [-0.25, -0.2) is 4.39 Å². The number of hydrogen-bond donors (Lipinski definition) is 2. The van der Waals surface area contributed by atoms with Gasteiger partial charge in [-0.3, -0.25) is 4.79 Å². The fraction of sp³-hybridized carbons (Fsp3) is 0.381. The van der Waals surface area contributed by atoms with Gasteiger partial charge in [-0.1, -0.05) is 12.1 Å². The number of benzene rings is 2. The molecule has 0 aliphatic carbocycles. The van der Waals surface area contributed by atoms with Crippen LogP contribution in [0.5, 0.6) is 11.5 Å². The molecule has 1 aliphatic heterocycles. The van der Waals surface area contributed by atoms with E-state index >= 15 is 0 Å². The summed E-state index contributed by atoms with van der Waals surface area (Å²) in [4.78, 5) is 12.9. The van der Waals surface area contributed by atoms with E-state index in [0.717, 1.165) is 17.7 Å². The molecule has 0 saturated carbocycles. The summed E-state index contributed by atoms with van der Waals surface area (Å²) in [7, 11) is 3.11. The Hall–Kier alpha value is -2.60. The van der Waals surface area contributed by atoms with Gasteiger partial charge in [0.1, 0.15) is 5.82 Å². The van der Waals surface area contributed by atoms with E-state index in [4.69, 9.17) is 9.47 Å². The molecule has 3 rings (SSSR count). The Morgan fingerprint density at radius 1 is 1.15 bits per heavy atom. The SMILES string of the molecule is COc1ccc(C(C)(C)C(=O)Nc2ccc3c(c2F)CCNC3)cc1OC. The van der Waals surface area contributed by atoms with Crippen molar-refractivity contribution in [2.75, 3.05) is 26.1 Å². The summed E-state index contributed by atoms with van der Waals surface area (Å²) in [5.41, 5.74) is 1.70. The first-order valence-corrected chi connectivity index (χ1v) is 8.93. The van der Waals surface area contributed by atoms with Crippen molar-refractivity contribution in [3.8, 4) is 11.5 Å². The maximum atomic E-state index is 14.8. The van der Waals surface area contributed by atoms with Gasteiger partial charge in [0.05, 0.1) is 25.3 Å². The molecule has 1 aliphatic rings. The van der Waals surface area contributed by atoms with Crippen LogP contribution in [0.1, 0.15) is 30.5 Å². The highest BCUT2D eigenvalue weighted by atomic mass is 19.1. The van der Waals surface area contributed by atoms with Crippen molar-refractivity contribution in [3.63, 3.8) is 0 Å². The molecule has 1 amide bonds. The highest BCUT2D eigenvalue weighted by molar-refractivity contribution is 5.98. The fourth-order valence-corrected chi connectivity index (χ4v) is 3.26. The molecule has 6 heteroatoms. The van der Waals surface area contributed by atoms with Gasteiger partial charge in [-0.2, -0.15) is 0 Å². The number of nitrogens with one attached hydrogen (secondary N) is 2. The molecule has 0 unspecified atom stereocenters. The van der Waals surface area contributed by atoms with Gasteiger partial charge < -0.3 is 20.1 Å². The zero-order chi connectivity index (χ0) is 19.6. The van der Waals surface area contributed by atoms with E-state index in [1.807, 2.05) is 12.1 Å². The van der Waals surface area contributed by atoms with Crippen LogP contribution in [0, 0.1) is 5.82 Å². The molecule has 0 aromatic heterocycles. The lowest BCUT2D eigenvalue weighted by atomic mass is 9.83. The molecule has 0 spiro atoms. The zero-order valence-corrected chi connectivity index (χ0v) is 16.1. The molecule has 0 saturated heterocycles. The second kappa shape index (κ2) is 7.56. The average molecular weight is 372 g/mol. The van der Waals surface area contributed by atoms with E-state index in [9.17, 15) is 9.18 Å². The number of rotatable bonds is 5. The van der Waals surface area contributed by atoms with Gasteiger partial charge in [0.2, 0.25) is 5.91 Å². The first-order chi connectivity index (χ1) is 12.9. The Morgan fingerprint density at radius 3 is 2.59 bits per heavy atom. The minimum absolute atomic E-state index is 0.217. The van der Waals surface area contributed by atoms with Crippen LogP contribution in [-0.4, -0.2) is 26.7 Å². The Balaban J connectivity index is 1.87. The van der Waals surface area contributed by atoms with Crippen molar-refractivity contribution < 1.29 is 18.7 Å². The highest BCUT2D eigenvalue weighted by Gasteiger charge is 2.32. The summed E-state index contributed by atoms with van der Waals surface area (Å²) in [6, 6.07) is 8.84. The van der Waals surface area contributed by atoms with Crippen LogP contribution in [0.3, 0.4) is 0 Å². The molecule has 2 N–H and O–H groups in total. The van der Waals surface area contributed by atoms with Gasteiger partial charge in [0.25, 0.3) is 0 Å². The molecular formula is C21H25FN2O3. The highest BCUT2D eigenvalue weighted by Crippen LogP contribution is 2.34. The molecule has 0 bridgehead atoms. The second-order valence-electron chi connectivity index (χ2n) is 7.14. The minimum Gasteiger partial charge on any atom is -0.493 e. The van der Waals surface area contributed by atoms with Crippen LogP contribution in [0.25, 0.3) is 0 Å². The van der Waals surface area contributed by atoms with Crippen LogP contribution in [0.4, 0.5) is 10.1 Å². The first-order valence-electron chi connectivity index (χ1n) is 8.93. The second-order valence-corrected chi connectivity index (χ2v) is 7.14. The lowest BCUT2D eigenvalue weighted by molar-refractivity contribution is -0.120. The largest absolute Gasteiger partial charge is 0.493 e. The van der Waals surface area contributed by atoms with Crippen molar-refractivity contribution in [2.45, 2.75) is 32.2 Å². The number of amides is 1. The number of carbonyl (C=O) groups is 1. The van der Waals surface area contributed by atoms with E-state index in [1.54, 1.807) is 46.3 Å². The van der Waals surface area contributed by atoms with Crippen LogP contribution < -0.4 is 20.1 Å². The number of ether oxygens (including phenoxy) is 2. The quantitative estimate of drug-likeness (QED) is 0.845. The molecule has 0 radical (unpaired) electrons. The summed E-state index contributed by atoms with van der Waals surface area (Å²) in [6.45, 7) is 4.98. The number of carbonyl (C=O) groups excluding carboxylic acids is 1. The minimum atomic E-state index is -0.885. The van der Waals surface area contributed by atoms with Crippen molar-refractivity contribution in [3.05, 3.63) is 52.8 Å². The van der Waals surface area contributed by atoms with Gasteiger partial charge in [0, 0.05) is 6.54 Å². The van der Waals surface area contributed by atoms with Crippen molar-refractivity contribution in [1.82, 2.24) is 5.32 Å². The summed E-state index contributed by atoms with van der Waals surface area (Å²) in [6.07, 6.45) is 0.615. The van der Waals surface area contributed by atoms with Crippen LogP contribution in [0.2, 0.25) is 0 Å². The maximum Gasteiger partial charge on any atom is 0.234 e. The molecular weight excluding hydrogens is 347 g/mol. The topological polar surface area (TPSA) is 59.6 Å². The van der Waals surface area contributed by atoms with Crippen LogP contribution in [-0.2, 0) is 23.2 Å². The van der Waals surface area contributed by atoms with Crippen LogP contribution >= 0.6 is 0 Å². The molecule has 144 valence electrons. The maximum absolute atomic E-state index is 14.8. The van der Waals surface area contributed by atoms with Gasteiger partial charge in [-0.15, -0.1) is 0 Å². The normalized spacial score (nSPS) is 13.7. The van der Waals surface area contributed by atoms with Crippen molar-refractivity contribution in [1.29, 1.82) is 0 Å². The third-order valence-electron chi connectivity index (χ3n) is 5.13. The van der Waals surface area contributed by atoms with E-state index in [0.29, 0.717) is 30.0 Å². The first kappa shape index (κ1) is 19.2. The van der Waals surface area contributed by atoms with Crippen LogP contribution in [0.15, 0.2) is 30.3 Å². The summed E-state index contributed by atoms with van der Waals surface area (Å²) >= 11 is 0. The number of fused-ring (bicyclic) bond motifs is 1. The summed E-state index contributed by atoms with van der Waals surface area (Å²) in [5.74, 6) is 0.503. The third kappa shape index (κ3) is 3.62. The monoisotopic (exact) mass is 372 g/mol. The summed E-state index contributed by atoms with van der Waals surface area (Å²) in [5, 5.41) is 5.98. The van der Waals surface area contributed by atoms with Gasteiger partial charge >= 0.3 is 0 Å². The third-order valence-corrected chi connectivity index (χ3v) is 5.13. The molecule has 2 aromatic rings. The van der Waals surface area contributed by atoms with Gasteiger partial charge in [0.15, 0.2) is 11.5 Å². The number of anilines is 1.